The molecule has 7 heteroatoms. The first-order chi connectivity index (χ1) is 10.9. The van der Waals surface area contributed by atoms with Crippen LogP contribution in [0.2, 0.25) is 10.0 Å². The summed E-state index contributed by atoms with van der Waals surface area (Å²) < 4.78 is 26.0. The second kappa shape index (κ2) is 6.40. The van der Waals surface area contributed by atoms with Crippen LogP contribution in [0.5, 0.6) is 0 Å². The number of nitrogens with one attached hydrogen (secondary N) is 1. The number of pyridine rings is 1. The molecular weight excluding hydrogens is 355 g/mol. The molecule has 1 saturated carbocycles. The van der Waals surface area contributed by atoms with E-state index in [9.17, 15) is 8.42 Å². The summed E-state index contributed by atoms with van der Waals surface area (Å²) >= 11 is 12.3. The smallest absolute Gasteiger partial charge is 0.211 e. The Hall–Kier alpha value is -1.14. The molecule has 122 valence electrons. The van der Waals surface area contributed by atoms with Crippen molar-refractivity contribution < 1.29 is 8.42 Å². The predicted molar refractivity (Wildman–Crippen MR) is 93.4 cm³/mol. The van der Waals surface area contributed by atoms with Crippen LogP contribution in [0.1, 0.15) is 24.8 Å². The molecule has 0 radical (unpaired) electrons. The lowest BCUT2D eigenvalue weighted by Gasteiger charge is -2.08. The van der Waals surface area contributed by atoms with Crippen LogP contribution in [0.15, 0.2) is 36.7 Å². The van der Waals surface area contributed by atoms with Crippen molar-refractivity contribution in [2.75, 3.05) is 5.75 Å². The summed E-state index contributed by atoms with van der Waals surface area (Å²) in [5.41, 5.74) is 2.70. The molecule has 1 aliphatic carbocycles. The molecule has 1 aromatic heterocycles. The van der Waals surface area contributed by atoms with Crippen LogP contribution in [0, 0.1) is 0 Å². The molecule has 3 rings (SSSR count). The summed E-state index contributed by atoms with van der Waals surface area (Å²) in [4.78, 5) is 4.27. The number of benzene rings is 1. The van der Waals surface area contributed by atoms with Gasteiger partial charge in [0.25, 0.3) is 0 Å². The fourth-order valence-electron chi connectivity index (χ4n) is 2.54. The quantitative estimate of drug-likeness (QED) is 0.869. The largest absolute Gasteiger partial charge is 0.264 e. The van der Waals surface area contributed by atoms with Crippen LogP contribution < -0.4 is 4.72 Å². The zero-order valence-corrected chi connectivity index (χ0v) is 14.8. The van der Waals surface area contributed by atoms with E-state index in [4.69, 9.17) is 23.2 Å². The van der Waals surface area contributed by atoms with Crippen LogP contribution in [0.4, 0.5) is 0 Å². The number of halogens is 2. The molecule has 1 heterocycles. The number of rotatable bonds is 5. The molecule has 1 N–H and O–H groups in total. The first kappa shape index (κ1) is 16.7. The first-order valence-electron chi connectivity index (χ1n) is 7.30. The molecule has 2 unspecified atom stereocenters. The van der Waals surface area contributed by atoms with E-state index < -0.39 is 10.0 Å². The van der Waals surface area contributed by atoms with Gasteiger partial charge >= 0.3 is 0 Å². The number of hydrogen-bond acceptors (Lipinski definition) is 3. The molecule has 1 aliphatic rings. The molecular formula is C16H16Cl2N2O2S. The Morgan fingerprint density at radius 1 is 1.30 bits per heavy atom. The lowest BCUT2D eigenvalue weighted by atomic mass is 10.0. The molecule has 0 amide bonds. The lowest BCUT2D eigenvalue weighted by molar-refractivity contribution is 0.581. The van der Waals surface area contributed by atoms with Crippen molar-refractivity contribution in [1.29, 1.82) is 0 Å². The van der Waals surface area contributed by atoms with Crippen molar-refractivity contribution in [3.8, 4) is 11.1 Å². The molecule has 1 fully saturated rings. The van der Waals surface area contributed by atoms with Crippen molar-refractivity contribution in [2.45, 2.75) is 25.3 Å². The van der Waals surface area contributed by atoms with Gasteiger partial charge in [-0.15, -0.1) is 0 Å². The standard InChI is InChI=1S/C16H16Cl2N2O2S/c1-2-23(21,22)20-15-7-13(15)11-6-10(8-19-9-11)12-4-3-5-14(17)16(12)18/h3-6,8-9,13,15,20H,2,7H2,1H3. The highest BCUT2D eigenvalue weighted by atomic mass is 35.5. The number of aromatic nitrogens is 1. The van der Waals surface area contributed by atoms with Crippen molar-refractivity contribution in [3.63, 3.8) is 0 Å². The van der Waals surface area contributed by atoms with E-state index in [1.54, 1.807) is 25.4 Å². The molecule has 0 aliphatic heterocycles. The highest BCUT2D eigenvalue weighted by Gasteiger charge is 2.41. The minimum absolute atomic E-state index is 0.0492. The average molecular weight is 371 g/mol. The van der Waals surface area contributed by atoms with Gasteiger partial charge in [-0.1, -0.05) is 35.3 Å². The molecule has 1 aromatic carbocycles. The van der Waals surface area contributed by atoms with Gasteiger partial charge in [0, 0.05) is 35.5 Å². The van der Waals surface area contributed by atoms with E-state index in [1.165, 1.54) is 0 Å². The van der Waals surface area contributed by atoms with Crippen LogP contribution in [-0.4, -0.2) is 25.2 Å². The predicted octanol–water partition coefficient (Wildman–Crippen LogP) is 3.85. The Morgan fingerprint density at radius 3 is 2.83 bits per heavy atom. The summed E-state index contributed by atoms with van der Waals surface area (Å²) in [6.45, 7) is 1.63. The minimum atomic E-state index is -3.18. The van der Waals surface area contributed by atoms with Gasteiger partial charge in [-0.05, 0) is 31.0 Å². The van der Waals surface area contributed by atoms with Gasteiger partial charge in [0.15, 0.2) is 0 Å². The van der Waals surface area contributed by atoms with Crippen molar-refractivity contribution >= 4 is 33.2 Å². The normalized spacial score (nSPS) is 20.5. The van der Waals surface area contributed by atoms with Gasteiger partial charge in [0.05, 0.1) is 15.8 Å². The van der Waals surface area contributed by atoms with Gasteiger partial charge in [-0.3, -0.25) is 4.98 Å². The Balaban J connectivity index is 1.84. The van der Waals surface area contributed by atoms with Crippen LogP contribution in [0.3, 0.4) is 0 Å². The molecule has 23 heavy (non-hydrogen) atoms. The lowest BCUT2D eigenvalue weighted by Crippen LogP contribution is -2.28. The Morgan fingerprint density at radius 2 is 2.09 bits per heavy atom. The Bertz CT molecular complexity index is 840. The van der Waals surface area contributed by atoms with Gasteiger partial charge < -0.3 is 0 Å². The van der Waals surface area contributed by atoms with Gasteiger partial charge in [-0.2, -0.15) is 0 Å². The topological polar surface area (TPSA) is 59.1 Å². The molecule has 0 spiro atoms. The summed E-state index contributed by atoms with van der Waals surface area (Å²) in [6, 6.07) is 7.41. The number of nitrogens with zero attached hydrogens (tertiary/aromatic N) is 1. The third-order valence-corrected chi connectivity index (χ3v) is 6.19. The average Bonchev–Trinajstić information content (AvgIpc) is 3.28. The fraction of sp³-hybridized carbons (Fsp3) is 0.312. The molecule has 2 aromatic rings. The summed E-state index contributed by atoms with van der Waals surface area (Å²) in [5, 5.41) is 0.988. The highest BCUT2D eigenvalue weighted by Crippen LogP contribution is 2.42. The monoisotopic (exact) mass is 370 g/mol. The van der Waals surface area contributed by atoms with Crippen LogP contribution in [0.25, 0.3) is 11.1 Å². The second-order valence-corrected chi connectivity index (χ2v) is 8.41. The van der Waals surface area contributed by atoms with Crippen molar-refractivity contribution in [1.82, 2.24) is 9.71 Å². The van der Waals surface area contributed by atoms with E-state index in [-0.39, 0.29) is 17.7 Å². The highest BCUT2D eigenvalue weighted by molar-refractivity contribution is 7.89. The Labute approximate surface area is 145 Å². The van der Waals surface area contributed by atoms with E-state index in [1.807, 2.05) is 18.2 Å². The summed E-state index contributed by atoms with van der Waals surface area (Å²) in [7, 11) is -3.18. The van der Waals surface area contributed by atoms with E-state index in [2.05, 4.69) is 9.71 Å². The summed E-state index contributed by atoms with van der Waals surface area (Å²) in [5.74, 6) is 0.244. The zero-order valence-electron chi connectivity index (χ0n) is 12.5. The third kappa shape index (κ3) is 3.69. The SMILES string of the molecule is CCS(=O)(=O)NC1CC1c1cncc(-c2cccc(Cl)c2Cl)c1. The Kier molecular flexibility index (Phi) is 4.65. The second-order valence-electron chi connectivity index (χ2n) is 5.58. The molecule has 0 bridgehead atoms. The number of hydrogen-bond donors (Lipinski definition) is 1. The first-order valence-corrected chi connectivity index (χ1v) is 9.71. The molecule has 2 atom stereocenters. The zero-order chi connectivity index (χ0) is 16.6. The van der Waals surface area contributed by atoms with Crippen LogP contribution in [-0.2, 0) is 10.0 Å². The van der Waals surface area contributed by atoms with E-state index in [0.29, 0.717) is 10.0 Å². The summed E-state index contributed by atoms with van der Waals surface area (Å²) in [6.07, 6.45) is 4.29. The molecule has 0 saturated heterocycles. The maximum atomic E-state index is 11.6. The van der Waals surface area contributed by atoms with Crippen LogP contribution >= 0.6 is 23.2 Å². The minimum Gasteiger partial charge on any atom is -0.264 e. The van der Waals surface area contributed by atoms with Gasteiger partial charge in [0.2, 0.25) is 10.0 Å². The van der Waals surface area contributed by atoms with E-state index in [0.717, 1.165) is 23.1 Å². The van der Waals surface area contributed by atoms with Gasteiger partial charge in [-0.25, -0.2) is 13.1 Å². The maximum absolute atomic E-state index is 11.6. The van der Waals surface area contributed by atoms with Crippen molar-refractivity contribution in [2.24, 2.45) is 0 Å². The van der Waals surface area contributed by atoms with Crippen molar-refractivity contribution in [3.05, 3.63) is 52.3 Å². The molecule has 4 nitrogen and oxygen atoms in total. The van der Waals surface area contributed by atoms with Gasteiger partial charge in [0.1, 0.15) is 0 Å². The fourth-order valence-corrected chi connectivity index (χ4v) is 3.84. The third-order valence-electron chi connectivity index (χ3n) is 3.95. The van der Waals surface area contributed by atoms with E-state index >= 15 is 0 Å². The maximum Gasteiger partial charge on any atom is 0.211 e. The number of sulfonamides is 1.